The quantitative estimate of drug-likeness (QED) is 0.658. The van der Waals surface area contributed by atoms with E-state index < -0.39 is 0 Å². The van der Waals surface area contributed by atoms with Gasteiger partial charge in [0.05, 0.1) is 18.5 Å². The van der Waals surface area contributed by atoms with Crippen LogP contribution in [0.3, 0.4) is 0 Å². The molecule has 0 saturated carbocycles. The first kappa shape index (κ1) is 15.8. The van der Waals surface area contributed by atoms with Crippen molar-refractivity contribution in [3.05, 3.63) is 18.3 Å². The van der Waals surface area contributed by atoms with Crippen molar-refractivity contribution in [2.75, 3.05) is 25.6 Å². The van der Waals surface area contributed by atoms with Gasteiger partial charge < -0.3 is 14.8 Å². The van der Waals surface area contributed by atoms with Gasteiger partial charge in [0.25, 0.3) is 0 Å². The van der Waals surface area contributed by atoms with E-state index in [1.165, 1.54) is 25.7 Å². The Kier molecular flexibility index (Phi) is 7.98. The summed E-state index contributed by atoms with van der Waals surface area (Å²) in [5.41, 5.74) is 1.06. The summed E-state index contributed by atoms with van der Waals surface area (Å²) in [6.45, 7) is 5.55. The van der Waals surface area contributed by atoms with Gasteiger partial charge in [0, 0.05) is 19.2 Å². The first-order valence-electron chi connectivity index (χ1n) is 7.14. The molecule has 0 aromatic carbocycles. The molecule has 0 unspecified atom stereocenters. The maximum Gasteiger partial charge on any atom is 0.213 e. The average Bonchev–Trinajstić information content (AvgIpc) is 2.42. The van der Waals surface area contributed by atoms with Crippen molar-refractivity contribution < 1.29 is 9.47 Å². The maximum absolute atomic E-state index is 5.44. The lowest BCUT2D eigenvalue weighted by Crippen LogP contribution is -2.19. The highest BCUT2D eigenvalue weighted by atomic mass is 16.5. The van der Waals surface area contributed by atoms with Crippen LogP contribution in [0.2, 0.25) is 0 Å². The van der Waals surface area contributed by atoms with Crippen molar-refractivity contribution in [1.82, 2.24) is 4.98 Å². The van der Waals surface area contributed by atoms with Crippen molar-refractivity contribution in [1.29, 1.82) is 0 Å². The van der Waals surface area contributed by atoms with Crippen LogP contribution in [0.5, 0.6) is 5.88 Å². The van der Waals surface area contributed by atoms with Crippen LogP contribution >= 0.6 is 0 Å². The average molecular weight is 266 g/mol. The molecule has 1 aromatic heterocycles. The second kappa shape index (κ2) is 9.62. The molecular formula is C15H26N2O2. The summed E-state index contributed by atoms with van der Waals surface area (Å²) < 4.78 is 10.4. The molecule has 0 saturated heterocycles. The highest BCUT2D eigenvalue weighted by Gasteiger charge is 2.06. The summed E-state index contributed by atoms with van der Waals surface area (Å²) in [4.78, 5) is 4.28. The fraction of sp³-hybridized carbons (Fsp3) is 0.667. The first-order chi connectivity index (χ1) is 9.30. The zero-order valence-corrected chi connectivity index (χ0v) is 12.3. The van der Waals surface area contributed by atoms with Crippen molar-refractivity contribution in [3.8, 4) is 5.88 Å². The largest absolute Gasteiger partial charge is 0.475 e. The Balaban J connectivity index is 2.45. The van der Waals surface area contributed by atoms with Gasteiger partial charge >= 0.3 is 0 Å². The minimum Gasteiger partial charge on any atom is -0.475 e. The molecule has 0 aliphatic heterocycles. The van der Waals surface area contributed by atoms with Crippen LogP contribution in [0.4, 0.5) is 5.69 Å². The fourth-order valence-corrected chi connectivity index (χ4v) is 2.00. The van der Waals surface area contributed by atoms with Gasteiger partial charge in [0.2, 0.25) is 5.88 Å². The van der Waals surface area contributed by atoms with Crippen molar-refractivity contribution in [2.45, 2.75) is 45.6 Å². The van der Waals surface area contributed by atoms with E-state index >= 15 is 0 Å². The van der Waals surface area contributed by atoms with Gasteiger partial charge in [-0.15, -0.1) is 0 Å². The summed E-state index contributed by atoms with van der Waals surface area (Å²) in [6, 6.07) is 4.46. The third-order valence-electron chi connectivity index (χ3n) is 2.92. The van der Waals surface area contributed by atoms with Crippen molar-refractivity contribution in [3.63, 3.8) is 0 Å². The Morgan fingerprint density at radius 3 is 2.42 bits per heavy atom. The van der Waals surface area contributed by atoms with E-state index in [-0.39, 0.29) is 0 Å². The predicted molar refractivity (Wildman–Crippen MR) is 78.8 cm³/mol. The molecule has 4 nitrogen and oxygen atoms in total. The Morgan fingerprint density at radius 1 is 1.16 bits per heavy atom. The molecule has 108 valence electrons. The molecule has 1 heterocycles. The van der Waals surface area contributed by atoms with Crippen LogP contribution in [0.1, 0.15) is 39.5 Å². The number of hydrogen-bond donors (Lipinski definition) is 1. The molecule has 0 radical (unpaired) electrons. The lowest BCUT2D eigenvalue weighted by molar-refractivity contribution is 0.144. The molecule has 4 heteroatoms. The van der Waals surface area contributed by atoms with E-state index in [9.17, 15) is 0 Å². The van der Waals surface area contributed by atoms with E-state index in [1.807, 2.05) is 18.3 Å². The molecule has 0 atom stereocenters. The van der Waals surface area contributed by atoms with Gasteiger partial charge in [0.1, 0.15) is 6.61 Å². The van der Waals surface area contributed by atoms with E-state index in [2.05, 4.69) is 24.1 Å². The van der Waals surface area contributed by atoms with Crippen LogP contribution in [0.15, 0.2) is 18.3 Å². The smallest absolute Gasteiger partial charge is 0.213 e. The van der Waals surface area contributed by atoms with Crippen LogP contribution in [-0.4, -0.2) is 31.3 Å². The molecule has 1 rings (SSSR count). The lowest BCUT2D eigenvalue weighted by Gasteiger charge is -2.18. The molecule has 0 aliphatic rings. The maximum atomic E-state index is 5.44. The lowest BCUT2D eigenvalue weighted by atomic mass is 10.1. The van der Waals surface area contributed by atoms with Crippen LogP contribution in [-0.2, 0) is 4.74 Å². The van der Waals surface area contributed by atoms with E-state index in [1.54, 1.807) is 7.11 Å². The Bertz CT molecular complexity index is 321. The molecule has 0 spiro atoms. The first-order valence-corrected chi connectivity index (χ1v) is 7.14. The van der Waals surface area contributed by atoms with Gasteiger partial charge in [-0.2, -0.15) is 0 Å². The number of nitrogens with one attached hydrogen (secondary N) is 1. The highest BCUT2D eigenvalue weighted by Crippen LogP contribution is 2.16. The molecular weight excluding hydrogens is 240 g/mol. The third-order valence-corrected chi connectivity index (χ3v) is 2.92. The summed E-state index contributed by atoms with van der Waals surface area (Å²) in [6.07, 6.45) is 6.62. The van der Waals surface area contributed by atoms with Crippen LogP contribution < -0.4 is 10.1 Å². The topological polar surface area (TPSA) is 43.4 Å². The zero-order valence-electron chi connectivity index (χ0n) is 12.3. The minimum atomic E-state index is 0.532. The standard InChI is InChI=1S/C15H26N2O2/c1-4-6-13(7-5-2)17-14-8-9-15(16-12-14)19-11-10-18-3/h8-9,12-13,17H,4-7,10-11H2,1-3H3. The number of ether oxygens (including phenoxy) is 2. The molecule has 0 amide bonds. The normalized spacial score (nSPS) is 10.7. The Hall–Kier alpha value is -1.29. The summed E-state index contributed by atoms with van der Waals surface area (Å²) in [5, 5.41) is 3.53. The Labute approximate surface area is 116 Å². The van der Waals surface area contributed by atoms with Crippen LogP contribution in [0, 0.1) is 0 Å². The van der Waals surface area contributed by atoms with Crippen molar-refractivity contribution >= 4 is 5.69 Å². The molecule has 0 bridgehead atoms. The predicted octanol–water partition coefficient (Wildman–Crippen LogP) is 3.49. The second-order valence-electron chi connectivity index (χ2n) is 4.64. The van der Waals surface area contributed by atoms with Crippen molar-refractivity contribution in [2.24, 2.45) is 0 Å². The molecule has 0 fully saturated rings. The van der Waals surface area contributed by atoms with Crippen LogP contribution in [0.25, 0.3) is 0 Å². The zero-order chi connectivity index (χ0) is 13.9. The van der Waals surface area contributed by atoms with Gasteiger partial charge in [-0.05, 0) is 18.9 Å². The number of hydrogen-bond acceptors (Lipinski definition) is 4. The minimum absolute atomic E-state index is 0.532. The second-order valence-corrected chi connectivity index (χ2v) is 4.64. The molecule has 19 heavy (non-hydrogen) atoms. The van der Waals surface area contributed by atoms with E-state index in [0.29, 0.717) is 25.1 Å². The fourth-order valence-electron chi connectivity index (χ4n) is 2.00. The molecule has 0 aliphatic carbocycles. The monoisotopic (exact) mass is 266 g/mol. The third kappa shape index (κ3) is 6.43. The molecule has 1 aromatic rings. The van der Waals surface area contributed by atoms with Gasteiger partial charge in [-0.3, -0.25) is 0 Å². The summed E-state index contributed by atoms with van der Waals surface area (Å²) in [5.74, 6) is 0.644. The van der Waals surface area contributed by atoms with Gasteiger partial charge in [-0.1, -0.05) is 26.7 Å². The molecule has 1 N–H and O–H groups in total. The summed E-state index contributed by atoms with van der Waals surface area (Å²) in [7, 11) is 1.66. The Morgan fingerprint density at radius 2 is 1.89 bits per heavy atom. The van der Waals surface area contributed by atoms with Gasteiger partial charge in [-0.25, -0.2) is 4.98 Å². The number of aromatic nitrogens is 1. The highest BCUT2D eigenvalue weighted by molar-refractivity contribution is 5.42. The SMILES string of the molecule is CCCC(CCC)Nc1ccc(OCCOC)nc1. The van der Waals surface area contributed by atoms with E-state index in [4.69, 9.17) is 9.47 Å². The number of methoxy groups -OCH3 is 1. The number of anilines is 1. The number of nitrogens with zero attached hydrogens (tertiary/aromatic N) is 1. The van der Waals surface area contributed by atoms with Gasteiger partial charge in [0.15, 0.2) is 0 Å². The number of rotatable bonds is 10. The van der Waals surface area contributed by atoms with E-state index in [0.717, 1.165) is 5.69 Å². The number of pyridine rings is 1. The summed E-state index contributed by atoms with van der Waals surface area (Å²) >= 11 is 0.